The molecule has 0 aliphatic rings. The summed E-state index contributed by atoms with van der Waals surface area (Å²) in [4.78, 5) is 0. The number of rotatable bonds is 15. The van der Waals surface area contributed by atoms with Crippen molar-refractivity contribution >= 4 is 11.3 Å². The highest BCUT2D eigenvalue weighted by Crippen LogP contribution is 2.21. The molecule has 1 heteroatoms. The normalized spacial score (nSPS) is 11.2. The molecule has 0 aliphatic heterocycles. The van der Waals surface area contributed by atoms with Crippen LogP contribution in [0, 0.1) is 0 Å². The minimum Gasteiger partial charge on any atom is -0.152 e. The van der Waals surface area contributed by atoms with Gasteiger partial charge in [0.15, 0.2) is 0 Å². The lowest BCUT2D eigenvalue weighted by molar-refractivity contribution is 0.587. The molecule has 0 fully saturated rings. The fourth-order valence-corrected chi connectivity index (χ4v) is 4.09. The van der Waals surface area contributed by atoms with Gasteiger partial charge in [-0.1, -0.05) is 84.5 Å². The predicted octanol–water partition coefficient (Wildman–Crippen LogP) is 7.94. The van der Waals surface area contributed by atoms with Crippen molar-refractivity contribution in [3.8, 4) is 0 Å². The third-order valence-corrected chi connectivity index (χ3v) is 5.52. The van der Waals surface area contributed by atoms with Gasteiger partial charge in [-0.05, 0) is 47.6 Å². The van der Waals surface area contributed by atoms with Gasteiger partial charge in [0.05, 0.1) is 0 Å². The third kappa shape index (κ3) is 9.66. The highest BCUT2D eigenvalue weighted by atomic mass is 32.1. The summed E-state index contributed by atoms with van der Waals surface area (Å²) < 4.78 is 0. The van der Waals surface area contributed by atoms with Gasteiger partial charge in [0.1, 0.15) is 0 Å². The second kappa shape index (κ2) is 14.3. The Morgan fingerprint density at radius 1 is 0.545 bits per heavy atom. The Hall–Kier alpha value is -0.300. The second-order valence-electron chi connectivity index (χ2n) is 6.81. The van der Waals surface area contributed by atoms with E-state index in [1.165, 1.54) is 96.3 Å². The van der Waals surface area contributed by atoms with Gasteiger partial charge in [0.2, 0.25) is 0 Å². The Kier molecular flexibility index (Phi) is 12.8. The van der Waals surface area contributed by atoms with E-state index in [9.17, 15) is 0 Å². The van der Waals surface area contributed by atoms with Crippen LogP contribution in [0.25, 0.3) is 0 Å². The van der Waals surface area contributed by atoms with Gasteiger partial charge in [-0.2, -0.15) is 11.3 Å². The van der Waals surface area contributed by atoms with Gasteiger partial charge in [0.25, 0.3) is 0 Å². The fourth-order valence-electron chi connectivity index (χ4n) is 3.16. The van der Waals surface area contributed by atoms with Gasteiger partial charge >= 0.3 is 0 Å². The SMILES string of the molecule is CCCCCCCCCc1cscc1CCCCCCCC. The van der Waals surface area contributed by atoms with E-state index in [0.717, 1.165) is 0 Å². The van der Waals surface area contributed by atoms with Gasteiger partial charge in [0, 0.05) is 0 Å². The summed E-state index contributed by atoms with van der Waals surface area (Å²) in [5.41, 5.74) is 3.32. The lowest BCUT2D eigenvalue weighted by Crippen LogP contribution is -1.92. The standard InChI is InChI=1S/C21H38S/c1-3-5-7-9-11-13-15-17-21-19-22-18-20(21)16-14-12-10-8-6-4-2/h18-19H,3-17H2,1-2H3. The van der Waals surface area contributed by atoms with E-state index in [1.807, 2.05) is 11.3 Å². The Morgan fingerprint density at radius 3 is 1.32 bits per heavy atom. The Labute approximate surface area is 143 Å². The minimum atomic E-state index is 1.32. The molecule has 0 N–H and O–H groups in total. The number of hydrogen-bond acceptors (Lipinski definition) is 1. The van der Waals surface area contributed by atoms with Crippen molar-refractivity contribution in [1.82, 2.24) is 0 Å². The Bertz CT molecular complexity index is 339. The van der Waals surface area contributed by atoms with Crippen molar-refractivity contribution in [2.24, 2.45) is 0 Å². The first-order valence-electron chi connectivity index (χ1n) is 9.92. The van der Waals surface area contributed by atoms with Gasteiger partial charge in [-0.3, -0.25) is 0 Å². The zero-order valence-corrected chi connectivity index (χ0v) is 16.0. The first-order valence-corrected chi connectivity index (χ1v) is 10.9. The van der Waals surface area contributed by atoms with Crippen LogP contribution in [-0.2, 0) is 12.8 Å². The molecule has 0 saturated carbocycles. The van der Waals surface area contributed by atoms with Crippen LogP contribution in [-0.4, -0.2) is 0 Å². The van der Waals surface area contributed by atoms with Crippen LogP contribution in [0.4, 0.5) is 0 Å². The highest BCUT2D eigenvalue weighted by molar-refractivity contribution is 7.08. The summed E-state index contributed by atoms with van der Waals surface area (Å²) >= 11 is 1.91. The lowest BCUT2D eigenvalue weighted by atomic mass is 10.00. The average molecular weight is 323 g/mol. The fraction of sp³-hybridized carbons (Fsp3) is 0.810. The summed E-state index contributed by atoms with van der Waals surface area (Å²) in [6.07, 6.45) is 21.0. The summed E-state index contributed by atoms with van der Waals surface area (Å²) in [6.45, 7) is 4.59. The summed E-state index contributed by atoms with van der Waals surface area (Å²) in [7, 11) is 0. The van der Waals surface area contributed by atoms with Crippen molar-refractivity contribution in [2.75, 3.05) is 0 Å². The van der Waals surface area contributed by atoms with Crippen LogP contribution in [0.1, 0.15) is 108 Å². The van der Waals surface area contributed by atoms with Gasteiger partial charge < -0.3 is 0 Å². The second-order valence-corrected chi connectivity index (χ2v) is 7.55. The first kappa shape index (κ1) is 19.7. The number of aryl methyl sites for hydroxylation is 2. The van der Waals surface area contributed by atoms with Crippen LogP contribution in [0.2, 0.25) is 0 Å². The quantitative estimate of drug-likeness (QED) is 0.287. The third-order valence-electron chi connectivity index (χ3n) is 4.68. The molecular formula is C21H38S. The molecule has 0 nitrogen and oxygen atoms in total. The van der Waals surface area contributed by atoms with E-state index in [4.69, 9.17) is 0 Å². The predicted molar refractivity (Wildman–Crippen MR) is 103 cm³/mol. The number of thiophene rings is 1. The molecule has 1 aromatic rings. The summed E-state index contributed by atoms with van der Waals surface area (Å²) in [6, 6.07) is 0. The molecule has 22 heavy (non-hydrogen) atoms. The average Bonchev–Trinajstić information content (AvgIpc) is 2.97. The molecule has 1 rings (SSSR count). The van der Waals surface area contributed by atoms with E-state index >= 15 is 0 Å². The highest BCUT2D eigenvalue weighted by Gasteiger charge is 2.04. The molecule has 0 bridgehead atoms. The van der Waals surface area contributed by atoms with Crippen molar-refractivity contribution in [2.45, 2.75) is 110 Å². The van der Waals surface area contributed by atoms with E-state index < -0.39 is 0 Å². The van der Waals surface area contributed by atoms with Crippen molar-refractivity contribution < 1.29 is 0 Å². The zero-order valence-electron chi connectivity index (χ0n) is 15.2. The molecule has 0 spiro atoms. The Morgan fingerprint density at radius 2 is 0.909 bits per heavy atom. The van der Waals surface area contributed by atoms with Crippen LogP contribution in [0.5, 0.6) is 0 Å². The molecule has 0 amide bonds. The smallest absolute Gasteiger partial charge is 0.00584 e. The maximum absolute atomic E-state index is 2.41. The van der Waals surface area contributed by atoms with Gasteiger partial charge in [-0.15, -0.1) is 0 Å². The zero-order chi connectivity index (χ0) is 15.9. The monoisotopic (exact) mass is 322 g/mol. The van der Waals surface area contributed by atoms with E-state index in [1.54, 1.807) is 11.1 Å². The van der Waals surface area contributed by atoms with Crippen molar-refractivity contribution in [1.29, 1.82) is 0 Å². The lowest BCUT2D eigenvalue weighted by Gasteiger charge is -2.05. The van der Waals surface area contributed by atoms with Crippen LogP contribution >= 0.6 is 11.3 Å². The van der Waals surface area contributed by atoms with Crippen LogP contribution < -0.4 is 0 Å². The van der Waals surface area contributed by atoms with Crippen LogP contribution in [0.3, 0.4) is 0 Å². The molecule has 0 aliphatic carbocycles. The summed E-state index contributed by atoms with van der Waals surface area (Å²) in [5, 5.41) is 4.81. The molecule has 0 unspecified atom stereocenters. The van der Waals surface area contributed by atoms with Crippen LogP contribution in [0.15, 0.2) is 10.8 Å². The maximum Gasteiger partial charge on any atom is -0.00584 e. The largest absolute Gasteiger partial charge is 0.152 e. The molecule has 128 valence electrons. The molecule has 0 aromatic carbocycles. The molecule has 0 atom stereocenters. The summed E-state index contributed by atoms with van der Waals surface area (Å²) in [5.74, 6) is 0. The molecule has 1 aromatic heterocycles. The van der Waals surface area contributed by atoms with Crippen molar-refractivity contribution in [3.63, 3.8) is 0 Å². The molecule has 1 heterocycles. The van der Waals surface area contributed by atoms with E-state index in [2.05, 4.69) is 24.6 Å². The maximum atomic E-state index is 2.41. The van der Waals surface area contributed by atoms with E-state index in [0.29, 0.717) is 0 Å². The number of unbranched alkanes of at least 4 members (excludes halogenated alkanes) is 11. The molecule has 0 radical (unpaired) electrons. The molecular weight excluding hydrogens is 284 g/mol. The number of hydrogen-bond donors (Lipinski definition) is 0. The van der Waals surface area contributed by atoms with Gasteiger partial charge in [-0.25, -0.2) is 0 Å². The van der Waals surface area contributed by atoms with E-state index in [-0.39, 0.29) is 0 Å². The van der Waals surface area contributed by atoms with Crippen molar-refractivity contribution in [3.05, 3.63) is 21.9 Å². The minimum absolute atomic E-state index is 1.32. The topological polar surface area (TPSA) is 0 Å². The Balaban J connectivity index is 2.06. The molecule has 0 saturated heterocycles. The first-order chi connectivity index (χ1) is 10.9.